The number of carboxylic acid groups (broad SMARTS) is 1. The summed E-state index contributed by atoms with van der Waals surface area (Å²) in [6, 6.07) is 5.56. The van der Waals surface area contributed by atoms with Gasteiger partial charge < -0.3 is 37.8 Å². The zero-order chi connectivity index (χ0) is 27.4. The van der Waals surface area contributed by atoms with E-state index in [1.54, 1.807) is 13.8 Å². The average Bonchev–Trinajstić information content (AvgIpc) is 3.39. The van der Waals surface area contributed by atoms with Crippen LogP contribution in [0.25, 0.3) is 0 Å². The van der Waals surface area contributed by atoms with E-state index in [0.717, 1.165) is 18.5 Å². The summed E-state index contributed by atoms with van der Waals surface area (Å²) in [5.74, 6) is -3.07. The lowest BCUT2D eigenvalue weighted by Gasteiger charge is -2.26. The van der Waals surface area contributed by atoms with E-state index in [1.807, 2.05) is 30.3 Å². The van der Waals surface area contributed by atoms with Crippen LogP contribution in [-0.2, 0) is 25.6 Å². The van der Waals surface area contributed by atoms with Crippen molar-refractivity contribution in [1.82, 2.24) is 21.3 Å². The number of benzene rings is 1. The van der Waals surface area contributed by atoms with Gasteiger partial charge in [-0.15, -0.1) is 0 Å². The highest BCUT2D eigenvalue weighted by molar-refractivity contribution is 5.94. The molecule has 0 radical (unpaired) electrons. The molecule has 4 unspecified atom stereocenters. The van der Waals surface area contributed by atoms with Gasteiger partial charge in [0.25, 0.3) is 0 Å². The number of guanidine groups is 1. The number of hydrogen-bond donors (Lipinski definition) is 7. The fourth-order valence-corrected chi connectivity index (χ4v) is 4.05. The molecule has 2 rings (SSSR count). The van der Waals surface area contributed by atoms with Gasteiger partial charge in [-0.25, -0.2) is 4.79 Å². The first-order valence-corrected chi connectivity index (χ1v) is 12.5. The van der Waals surface area contributed by atoms with E-state index in [4.69, 9.17) is 11.5 Å². The molecule has 0 saturated carbocycles. The highest BCUT2D eigenvalue weighted by Crippen LogP contribution is 2.10. The third-order valence-electron chi connectivity index (χ3n) is 6.10. The summed E-state index contributed by atoms with van der Waals surface area (Å²) >= 11 is 0. The summed E-state index contributed by atoms with van der Waals surface area (Å²) in [5, 5.41) is 20.7. The fraction of sp³-hybridized carbons (Fsp3) is 0.560. The number of carbonyl (C=O) groups excluding carboxylic acids is 3. The van der Waals surface area contributed by atoms with Gasteiger partial charge in [0.2, 0.25) is 17.7 Å². The quantitative estimate of drug-likeness (QED) is 0.0946. The molecule has 4 atom stereocenters. The molecule has 37 heavy (non-hydrogen) atoms. The Morgan fingerprint density at radius 1 is 1.05 bits per heavy atom. The lowest BCUT2D eigenvalue weighted by molar-refractivity contribution is -0.143. The van der Waals surface area contributed by atoms with Crippen molar-refractivity contribution in [3.63, 3.8) is 0 Å². The second kappa shape index (κ2) is 14.8. The first-order chi connectivity index (χ1) is 17.6. The third-order valence-corrected chi connectivity index (χ3v) is 6.10. The van der Waals surface area contributed by atoms with Crippen molar-refractivity contribution >= 4 is 29.7 Å². The number of rotatable bonds is 14. The summed E-state index contributed by atoms with van der Waals surface area (Å²) in [4.78, 5) is 54.8. The van der Waals surface area contributed by atoms with Gasteiger partial charge in [0.05, 0.1) is 6.04 Å². The van der Waals surface area contributed by atoms with E-state index in [1.165, 1.54) is 0 Å². The maximum Gasteiger partial charge on any atom is 0.326 e. The van der Waals surface area contributed by atoms with E-state index in [-0.39, 0.29) is 37.2 Å². The van der Waals surface area contributed by atoms with Crippen molar-refractivity contribution in [3.05, 3.63) is 35.9 Å². The number of nitrogens with one attached hydrogen (secondary N) is 4. The Labute approximate surface area is 217 Å². The zero-order valence-corrected chi connectivity index (χ0v) is 21.4. The van der Waals surface area contributed by atoms with Crippen molar-refractivity contribution in [2.75, 3.05) is 13.1 Å². The van der Waals surface area contributed by atoms with Gasteiger partial charge in [-0.1, -0.05) is 44.2 Å². The lowest BCUT2D eigenvalue weighted by atomic mass is 10.0. The Bertz CT molecular complexity index is 944. The largest absolute Gasteiger partial charge is 0.480 e. The molecule has 3 amide bonds. The molecular weight excluding hydrogens is 478 g/mol. The first kappa shape index (κ1) is 29.6. The van der Waals surface area contributed by atoms with Crippen LogP contribution in [0, 0.1) is 5.92 Å². The topological polar surface area (TPSA) is 201 Å². The Kier molecular flexibility index (Phi) is 11.8. The van der Waals surface area contributed by atoms with Gasteiger partial charge in [0.15, 0.2) is 5.96 Å². The molecule has 0 bridgehead atoms. The Hall–Kier alpha value is -3.67. The number of carboxylic acids is 1. The van der Waals surface area contributed by atoms with Gasteiger partial charge >= 0.3 is 5.97 Å². The highest BCUT2D eigenvalue weighted by atomic mass is 16.4. The number of nitrogens with zero attached hydrogens (tertiary/aromatic N) is 1. The fourth-order valence-electron chi connectivity index (χ4n) is 4.05. The molecule has 0 spiro atoms. The molecule has 12 nitrogen and oxygen atoms in total. The Balaban J connectivity index is 2.20. The van der Waals surface area contributed by atoms with Crippen LogP contribution in [0.5, 0.6) is 0 Å². The third kappa shape index (κ3) is 10.1. The van der Waals surface area contributed by atoms with E-state index >= 15 is 0 Å². The number of hydrogen-bond acceptors (Lipinski definition) is 6. The molecule has 1 saturated heterocycles. The second-order valence-corrected chi connectivity index (χ2v) is 9.48. The van der Waals surface area contributed by atoms with Crippen LogP contribution in [-0.4, -0.2) is 72.0 Å². The molecule has 0 aromatic heterocycles. The number of amides is 3. The second-order valence-electron chi connectivity index (χ2n) is 9.48. The minimum absolute atomic E-state index is 0.0714. The maximum atomic E-state index is 13.4. The zero-order valence-electron chi connectivity index (χ0n) is 21.4. The summed E-state index contributed by atoms with van der Waals surface area (Å²) < 4.78 is 0. The van der Waals surface area contributed by atoms with Crippen molar-refractivity contribution in [1.29, 1.82) is 0 Å². The van der Waals surface area contributed by atoms with Crippen molar-refractivity contribution < 1.29 is 24.3 Å². The van der Waals surface area contributed by atoms with Gasteiger partial charge in [0.1, 0.15) is 18.1 Å². The van der Waals surface area contributed by atoms with Crippen LogP contribution in [0.3, 0.4) is 0 Å². The van der Waals surface area contributed by atoms with E-state index in [2.05, 4.69) is 26.3 Å². The predicted molar refractivity (Wildman–Crippen MR) is 139 cm³/mol. The molecule has 1 aromatic rings. The predicted octanol–water partition coefficient (Wildman–Crippen LogP) is -0.770. The van der Waals surface area contributed by atoms with Crippen LogP contribution in [0.2, 0.25) is 0 Å². The van der Waals surface area contributed by atoms with Crippen LogP contribution in [0.15, 0.2) is 35.3 Å². The number of nitrogens with two attached hydrogens (primary N) is 2. The monoisotopic (exact) mass is 517 g/mol. The summed E-state index contributed by atoms with van der Waals surface area (Å²) in [6.45, 7) is 4.36. The maximum absolute atomic E-state index is 13.4. The molecule has 12 heteroatoms. The molecule has 204 valence electrons. The van der Waals surface area contributed by atoms with Gasteiger partial charge in [0, 0.05) is 13.0 Å². The number of aliphatic carboxylic acids is 1. The van der Waals surface area contributed by atoms with Crippen molar-refractivity contribution in [3.8, 4) is 0 Å². The summed E-state index contributed by atoms with van der Waals surface area (Å²) in [7, 11) is 0. The van der Waals surface area contributed by atoms with Crippen LogP contribution in [0.4, 0.5) is 0 Å². The van der Waals surface area contributed by atoms with Crippen LogP contribution >= 0.6 is 0 Å². The first-order valence-electron chi connectivity index (χ1n) is 12.5. The molecule has 1 aliphatic rings. The summed E-state index contributed by atoms with van der Waals surface area (Å²) in [5.41, 5.74) is 11.5. The molecule has 1 aliphatic heterocycles. The molecule has 9 N–H and O–H groups in total. The van der Waals surface area contributed by atoms with E-state index in [0.29, 0.717) is 12.8 Å². The minimum Gasteiger partial charge on any atom is -0.480 e. The van der Waals surface area contributed by atoms with Crippen LogP contribution < -0.4 is 32.7 Å². The average molecular weight is 518 g/mol. The summed E-state index contributed by atoms with van der Waals surface area (Å²) in [6.07, 6.45) is 2.32. The van der Waals surface area contributed by atoms with E-state index in [9.17, 15) is 24.3 Å². The lowest BCUT2D eigenvalue weighted by Crippen LogP contribution is -2.58. The van der Waals surface area contributed by atoms with Gasteiger partial charge in [-0.2, -0.15) is 0 Å². The molecule has 1 aromatic carbocycles. The van der Waals surface area contributed by atoms with Gasteiger partial charge in [-0.05, 0) is 43.7 Å². The van der Waals surface area contributed by atoms with Gasteiger partial charge in [-0.3, -0.25) is 19.4 Å². The van der Waals surface area contributed by atoms with Crippen molar-refractivity contribution in [2.24, 2.45) is 22.4 Å². The Morgan fingerprint density at radius 2 is 1.73 bits per heavy atom. The Morgan fingerprint density at radius 3 is 2.30 bits per heavy atom. The normalized spacial score (nSPS) is 17.3. The number of carbonyl (C=O) groups is 4. The van der Waals surface area contributed by atoms with E-state index < -0.39 is 42.0 Å². The SMILES string of the molecule is CC(C)C(NC(=O)C(Cc1ccccc1)NC(=O)C(CCCN=C(N)N)NC(=O)C1CCCN1)C(=O)O. The number of aliphatic imine (C=N–C) groups is 1. The molecule has 1 fully saturated rings. The highest BCUT2D eigenvalue weighted by Gasteiger charge is 2.32. The molecule has 0 aliphatic carbocycles. The molecule has 1 heterocycles. The smallest absolute Gasteiger partial charge is 0.326 e. The minimum atomic E-state index is -1.16. The van der Waals surface area contributed by atoms with Crippen molar-refractivity contribution in [2.45, 2.75) is 70.1 Å². The molecular formula is C25H39N7O5. The standard InChI is InChI=1S/C25H39N7O5/c1-15(2)20(24(36)37)32-23(35)19(14-16-8-4-3-5-9-16)31-22(34)18(11-7-13-29-25(26)27)30-21(33)17-10-6-12-28-17/h3-5,8-9,15,17-20,28H,6-7,10-14H2,1-2H3,(H,30,33)(H,31,34)(H,32,35)(H,36,37)(H4,26,27,29). The van der Waals surface area contributed by atoms with Crippen LogP contribution in [0.1, 0.15) is 45.1 Å².